The van der Waals surface area contributed by atoms with Crippen LogP contribution in [-0.4, -0.2) is 87.4 Å². The molecule has 2 unspecified atom stereocenters. The van der Waals surface area contributed by atoms with Crippen LogP contribution in [0.5, 0.6) is 0 Å². The van der Waals surface area contributed by atoms with Crippen molar-refractivity contribution in [3.05, 3.63) is 85.1 Å². The molecule has 0 aromatic heterocycles. The van der Waals surface area contributed by atoms with Gasteiger partial charge in [-0.2, -0.15) is 0 Å². The number of hydrogen-bond donors (Lipinski definition) is 1. The number of carbonyl (C=O) groups excluding carboxylic acids is 2. The smallest absolute Gasteiger partial charge is 0.361 e. The van der Waals surface area contributed by atoms with E-state index in [1.165, 1.54) is 154 Å². The Kier molecular flexibility index (Phi) is 55.9. The number of aliphatic carboxylic acids is 1. The number of quaternary nitrogens is 1. The number of carbonyl (C=O) groups is 3. The molecule has 0 aliphatic heterocycles. The molecule has 9 heteroatoms. The van der Waals surface area contributed by atoms with Gasteiger partial charge in [-0.1, -0.05) is 253 Å². The van der Waals surface area contributed by atoms with Gasteiger partial charge in [0.1, 0.15) is 13.2 Å². The Balaban J connectivity index is 4.15. The highest BCUT2D eigenvalue weighted by Crippen LogP contribution is 2.16. The first-order valence-corrected chi connectivity index (χ1v) is 31.8. The molecule has 0 fully saturated rings. The van der Waals surface area contributed by atoms with Gasteiger partial charge in [-0.15, -0.1) is 0 Å². The van der Waals surface area contributed by atoms with Crippen molar-refractivity contribution in [3.8, 4) is 0 Å². The van der Waals surface area contributed by atoms with Gasteiger partial charge in [0.05, 0.1) is 34.4 Å². The van der Waals surface area contributed by atoms with Crippen molar-refractivity contribution in [1.82, 2.24) is 0 Å². The number of ether oxygens (including phenoxy) is 4. The van der Waals surface area contributed by atoms with E-state index < -0.39 is 24.3 Å². The van der Waals surface area contributed by atoms with Crippen molar-refractivity contribution in [2.45, 2.75) is 283 Å². The Hall–Kier alpha value is -3.53. The minimum Gasteiger partial charge on any atom is -0.477 e. The van der Waals surface area contributed by atoms with E-state index in [9.17, 15) is 19.5 Å². The first kappa shape index (κ1) is 73.5. The molecule has 77 heavy (non-hydrogen) atoms. The van der Waals surface area contributed by atoms with E-state index in [4.69, 9.17) is 18.9 Å². The van der Waals surface area contributed by atoms with Gasteiger partial charge in [0.25, 0.3) is 6.29 Å². The lowest BCUT2D eigenvalue weighted by atomic mass is 10.0. The van der Waals surface area contributed by atoms with E-state index >= 15 is 0 Å². The van der Waals surface area contributed by atoms with E-state index in [1.807, 2.05) is 21.1 Å². The van der Waals surface area contributed by atoms with Crippen LogP contribution in [-0.2, 0) is 33.3 Å². The fourth-order valence-corrected chi connectivity index (χ4v) is 8.78. The van der Waals surface area contributed by atoms with Crippen LogP contribution in [0.1, 0.15) is 271 Å². The van der Waals surface area contributed by atoms with E-state index in [1.54, 1.807) is 0 Å². The summed E-state index contributed by atoms with van der Waals surface area (Å²) in [6.07, 6.45) is 75.3. The van der Waals surface area contributed by atoms with Crippen LogP contribution in [0.25, 0.3) is 0 Å². The van der Waals surface area contributed by atoms with Gasteiger partial charge in [0.15, 0.2) is 6.10 Å². The second-order valence-corrected chi connectivity index (χ2v) is 22.3. The van der Waals surface area contributed by atoms with Crippen molar-refractivity contribution in [2.24, 2.45) is 0 Å². The maximum absolute atomic E-state index is 12.9. The van der Waals surface area contributed by atoms with Crippen molar-refractivity contribution in [1.29, 1.82) is 0 Å². The Morgan fingerprint density at radius 2 is 0.740 bits per heavy atom. The third kappa shape index (κ3) is 60.0. The van der Waals surface area contributed by atoms with Crippen molar-refractivity contribution in [3.63, 3.8) is 0 Å². The van der Waals surface area contributed by atoms with Gasteiger partial charge in [0, 0.05) is 12.8 Å². The maximum Gasteiger partial charge on any atom is 0.361 e. The normalized spacial score (nSPS) is 13.3. The predicted octanol–water partition coefficient (Wildman–Crippen LogP) is 19.1. The van der Waals surface area contributed by atoms with Gasteiger partial charge in [-0.25, -0.2) is 4.79 Å². The molecule has 0 heterocycles. The molecule has 9 nitrogen and oxygen atoms in total. The summed E-state index contributed by atoms with van der Waals surface area (Å²) in [5.74, 6) is -2.01. The van der Waals surface area contributed by atoms with Crippen LogP contribution in [0.3, 0.4) is 0 Å². The first-order chi connectivity index (χ1) is 37.6. The minimum absolute atomic E-state index is 0.183. The number of carboxylic acid groups (broad SMARTS) is 1. The van der Waals surface area contributed by atoms with Crippen molar-refractivity contribution in [2.75, 3.05) is 47.5 Å². The van der Waals surface area contributed by atoms with E-state index in [0.717, 1.165) is 83.5 Å². The number of carboxylic acids is 1. The van der Waals surface area contributed by atoms with E-state index in [2.05, 4.69) is 98.9 Å². The second kappa shape index (κ2) is 58.6. The summed E-state index contributed by atoms with van der Waals surface area (Å²) in [7, 11) is 5.97. The third-order valence-electron chi connectivity index (χ3n) is 13.6. The van der Waals surface area contributed by atoms with Gasteiger partial charge < -0.3 is 28.5 Å². The molecule has 0 aliphatic carbocycles. The summed E-state index contributed by atoms with van der Waals surface area (Å²) in [6.45, 7) is 4.76. The summed E-state index contributed by atoms with van der Waals surface area (Å²) in [4.78, 5) is 37.5. The summed E-state index contributed by atoms with van der Waals surface area (Å²) in [5.41, 5.74) is 0. The molecule has 0 bridgehead atoms. The third-order valence-corrected chi connectivity index (χ3v) is 13.6. The number of hydrogen-bond acceptors (Lipinski definition) is 7. The average molecular weight is 1080 g/mol. The largest absolute Gasteiger partial charge is 0.477 e. The molecule has 0 aliphatic rings. The van der Waals surface area contributed by atoms with Crippen LogP contribution >= 0.6 is 0 Å². The minimum atomic E-state index is -1.52. The van der Waals surface area contributed by atoms with Crippen LogP contribution in [0.15, 0.2) is 85.1 Å². The van der Waals surface area contributed by atoms with Gasteiger partial charge in [-0.3, -0.25) is 9.59 Å². The first-order valence-electron chi connectivity index (χ1n) is 31.8. The number of nitrogens with zero attached hydrogens (tertiary/aromatic N) is 1. The number of likely N-dealkylation sites (N-methyl/N-ethyl adjacent to an activating group) is 1. The SMILES string of the molecule is CC/C=C\C/C=C\C/C=C\C/C=C\CCCCCCCCCCC(=O)OC(COC(=O)CCCCCCCCCCCCCCCCCC/C=C\C/C=C\C/C=C\CCCCCCC)COC(OCC[N+](C)(C)C)C(=O)O. The predicted molar refractivity (Wildman–Crippen MR) is 327 cm³/mol. The maximum atomic E-state index is 12.9. The Morgan fingerprint density at radius 1 is 0.403 bits per heavy atom. The Bertz CT molecular complexity index is 1540. The summed E-state index contributed by atoms with van der Waals surface area (Å²) >= 11 is 0. The van der Waals surface area contributed by atoms with Gasteiger partial charge in [-0.05, 0) is 89.9 Å². The van der Waals surface area contributed by atoms with Crippen molar-refractivity contribution >= 4 is 17.9 Å². The summed E-state index contributed by atoms with van der Waals surface area (Å²) < 4.78 is 22.9. The standard InChI is InChI=1S/C68H119NO8/c1-6-8-10-12-14-16-18-20-22-24-26-28-29-30-31-32-33-34-35-36-37-39-40-42-44-46-48-50-52-54-56-58-65(70)75-62-64(63-76-68(67(72)73)74-61-60-69(3,4)5)77-66(71)59-57-55-53-51-49-47-45-43-41-38-27-25-23-21-19-17-15-13-11-9-7-2/h9,11,15,17-18,20-21,23-24,26-27,29-30,38,64,68H,6-8,10,12-14,16,19,22,25,28,31-37,39-63H2,1-5H3/p+1/b11-9-,17-15-,20-18-,23-21-,26-24-,30-29-,38-27-. The molecule has 0 amide bonds. The van der Waals surface area contributed by atoms with E-state index in [0.29, 0.717) is 23.9 Å². The zero-order chi connectivity index (χ0) is 56.2. The molecule has 1 N–H and O–H groups in total. The lowest BCUT2D eigenvalue weighted by Crippen LogP contribution is -2.40. The molecular weight excluding hydrogens is 959 g/mol. The molecule has 0 rings (SSSR count). The average Bonchev–Trinajstić information content (AvgIpc) is 3.40. The Labute approximate surface area is 474 Å². The molecule has 0 aromatic rings. The quantitative estimate of drug-likeness (QED) is 0.0211. The molecule has 0 spiro atoms. The molecule has 0 saturated carbocycles. The number of unbranched alkanes of at least 4 members (excludes halogenated alkanes) is 29. The van der Waals surface area contributed by atoms with Crippen LogP contribution in [0, 0.1) is 0 Å². The lowest BCUT2D eigenvalue weighted by molar-refractivity contribution is -0.870. The van der Waals surface area contributed by atoms with Crippen LogP contribution < -0.4 is 0 Å². The molecule has 2 atom stereocenters. The van der Waals surface area contributed by atoms with E-state index in [-0.39, 0.29) is 32.2 Å². The lowest BCUT2D eigenvalue weighted by Gasteiger charge is -2.25. The summed E-state index contributed by atoms with van der Waals surface area (Å²) in [6, 6.07) is 0. The number of rotatable bonds is 58. The van der Waals surface area contributed by atoms with Gasteiger partial charge >= 0.3 is 17.9 Å². The number of esters is 2. The summed E-state index contributed by atoms with van der Waals surface area (Å²) in [5, 5.41) is 9.72. The monoisotopic (exact) mass is 1080 g/mol. The zero-order valence-corrected chi connectivity index (χ0v) is 50.6. The second-order valence-electron chi connectivity index (χ2n) is 22.3. The molecule has 444 valence electrons. The highest BCUT2D eigenvalue weighted by atomic mass is 16.7. The highest BCUT2D eigenvalue weighted by Gasteiger charge is 2.25. The topological polar surface area (TPSA) is 108 Å². The molecule has 0 aromatic carbocycles. The molecular formula is C68H120NO8+. The zero-order valence-electron chi connectivity index (χ0n) is 50.6. The van der Waals surface area contributed by atoms with Gasteiger partial charge in [0.2, 0.25) is 0 Å². The van der Waals surface area contributed by atoms with Crippen molar-refractivity contribution < 1.29 is 42.9 Å². The fraction of sp³-hybridized carbons (Fsp3) is 0.750. The fourth-order valence-electron chi connectivity index (χ4n) is 8.78. The van der Waals surface area contributed by atoms with Crippen LogP contribution in [0.2, 0.25) is 0 Å². The Morgan fingerprint density at radius 3 is 1.10 bits per heavy atom. The highest BCUT2D eigenvalue weighted by molar-refractivity contribution is 5.71. The molecule has 0 radical (unpaired) electrons. The number of allylic oxidation sites excluding steroid dienone is 14. The molecule has 0 saturated heterocycles. The van der Waals surface area contributed by atoms with Crippen LogP contribution in [0.4, 0.5) is 0 Å².